The van der Waals surface area contributed by atoms with Crippen molar-refractivity contribution < 1.29 is 14.3 Å². The Morgan fingerprint density at radius 3 is 2.62 bits per heavy atom. The Kier molecular flexibility index (Phi) is 7.75. The lowest BCUT2D eigenvalue weighted by Crippen LogP contribution is -2.33. The number of nitrogens with zero attached hydrogens (tertiary/aromatic N) is 1. The molecule has 0 radical (unpaired) electrons. The molecule has 2 rings (SSSR count). The summed E-state index contributed by atoms with van der Waals surface area (Å²) < 4.78 is 5.45. The molecule has 1 heterocycles. The van der Waals surface area contributed by atoms with Crippen LogP contribution in [-0.2, 0) is 4.79 Å². The Hall–Kier alpha value is -1.88. The monoisotopic (exact) mass is 332 g/mol. The van der Waals surface area contributed by atoms with E-state index >= 15 is 0 Å². The van der Waals surface area contributed by atoms with Gasteiger partial charge in [0, 0.05) is 12.1 Å². The van der Waals surface area contributed by atoms with Gasteiger partial charge in [-0.1, -0.05) is 25.0 Å². The van der Waals surface area contributed by atoms with Crippen molar-refractivity contribution >= 4 is 11.7 Å². The van der Waals surface area contributed by atoms with Gasteiger partial charge in [-0.15, -0.1) is 0 Å². The highest BCUT2D eigenvalue weighted by atomic mass is 16.5. The van der Waals surface area contributed by atoms with Gasteiger partial charge in [0.15, 0.2) is 12.4 Å². The minimum absolute atomic E-state index is 0.0154. The number of ether oxygens (including phenoxy) is 1. The summed E-state index contributed by atoms with van der Waals surface area (Å²) in [4.78, 5) is 25.6. The van der Waals surface area contributed by atoms with E-state index in [-0.39, 0.29) is 18.3 Å². The predicted octanol–water partition coefficient (Wildman–Crippen LogP) is 2.65. The summed E-state index contributed by atoms with van der Waals surface area (Å²) in [5, 5.41) is 2.89. The number of amides is 1. The maximum atomic E-state index is 11.8. The molecule has 0 atom stereocenters. The molecule has 0 bridgehead atoms. The number of nitrogens with one attached hydrogen (secondary N) is 1. The van der Waals surface area contributed by atoms with Crippen LogP contribution in [0.25, 0.3) is 0 Å². The molecule has 0 aliphatic carbocycles. The summed E-state index contributed by atoms with van der Waals surface area (Å²) in [5.74, 6) is 0.403. The third-order valence-electron chi connectivity index (χ3n) is 4.28. The highest BCUT2D eigenvalue weighted by molar-refractivity contribution is 5.94. The molecule has 5 nitrogen and oxygen atoms in total. The van der Waals surface area contributed by atoms with Gasteiger partial charge in [0.05, 0.1) is 0 Å². The molecule has 1 aliphatic heterocycles. The van der Waals surface area contributed by atoms with Crippen LogP contribution in [0.4, 0.5) is 0 Å². The normalized spacial score (nSPS) is 15.5. The van der Waals surface area contributed by atoms with E-state index < -0.39 is 0 Å². The second-order valence-electron chi connectivity index (χ2n) is 6.33. The van der Waals surface area contributed by atoms with Crippen LogP contribution in [0.2, 0.25) is 0 Å². The first-order chi connectivity index (χ1) is 11.6. The summed E-state index contributed by atoms with van der Waals surface area (Å²) >= 11 is 0. The Balaban J connectivity index is 1.61. The van der Waals surface area contributed by atoms with Gasteiger partial charge >= 0.3 is 0 Å². The zero-order chi connectivity index (χ0) is 17.2. The SMILES string of the molecule is CC(=O)c1cccc(OCC(=O)NCCCN2CCCCCC2)c1. The summed E-state index contributed by atoms with van der Waals surface area (Å²) in [6.45, 7) is 5.57. The first-order valence-corrected chi connectivity index (χ1v) is 8.88. The van der Waals surface area contributed by atoms with Crippen molar-refractivity contribution in [1.82, 2.24) is 10.2 Å². The number of benzene rings is 1. The third kappa shape index (κ3) is 6.71. The molecule has 0 spiro atoms. The maximum absolute atomic E-state index is 11.8. The van der Waals surface area contributed by atoms with Crippen molar-refractivity contribution in [3.8, 4) is 5.75 Å². The second kappa shape index (κ2) is 10.1. The quantitative estimate of drug-likeness (QED) is 0.587. The van der Waals surface area contributed by atoms with Crippen LogP contribution in [0.5, 0.6) is 5.75 Å². The van der Waals surface area contributed by atoms with Crippen LogP contribution in [0.1, 0.15) is 49.4 Å². The number of carbonyl (C=O) groups is 2. The van der Waals surface area contributed by atoms with E-state index in [0.717, 1.165) is 13.0 Å². The smallest absolute Gasteiger partial charge is 0.257 e. The van der Waals surface area contributed by atoms with Crippen LogP contribution < -0.4 is 10.1 Å². The van der Waals surface area contributed by atoms with E-state index in [1.165, 1.54) is 45.7 Å². The lowest BCUT2D eigenvalue weighted by atomic mass is 10.1. The average Bonchev–Trinajstić information content (AvgIpc) is 2.86. The standard InChI is InChI=1S/C19H28N2O3/c1-16(22)17-8-6-9-18(14-17)24-15-19(23)20-10-7-13-21-11-4-2-3-5-12-21/h6,8-9,14H,2-5,7,10-13,15H2,1H3,(H,20,23). The molecule has 1 aliphatic rings. The fourth-order valence-corrected chi connectivity index (χ4v) is 2.90. The number of ketones is 1. The van der Waals surface area contributed by atoms with E-state index in [0.29, 0.717) is 17.9 Å². The highest BCUT2D eigenvalue weighted by Crippen LogP contribution is 2.13. The van der Waals surface area contributed by atoms with Crippen LogP contribution in [0, 0.1) is 0 Å². The van der Waals surface area contributed by atoms with Crippen molar-refractivity contribution in [1.29, 1.82) is 0 Å². The van der Waals surface area contributed by atoms with Crippen LogP contribution >= 0.6 is 0 Å². The average molecular weight is 332 g/mol. The molecule has 1 aromatic carbocycles. The summed E-state index contributed by atoms with van der Waals surface area (Å²) in [7, 11) is 0. The van der Waals surface area contributed by atoms with Gasteiger partial charge in [0.25, 0.3) is 5.91 Å². The van der Waals surface area contributed by atoms with E-state index in [4.69, 9.17) is 4.74 Å². The van der Waals surface area contributed by atoms with E-state index in [1.54, 1.807) is 24.3 Å². The Bertz CT molecular complexity index is 537. The summed E-state index contributed by atoms with van der Waals surface area (Å²) in [5.41, 5.74) is 0.588. The molecule has 0 saturated carbocycles. The van der Waals surface area contributed by atoms with Gasteiger partial charge in [0.1, 0.15) is 5.75 Å². The molecule has 5 heteroatoms. The van der Waals surface area contributed by atoms with Crippen molar-refractivity contribution in [3.05, 3.63) is 29.8 Å². The molecule has 24 heavy (non-hydrogen) atoms. The number of carbonyl (C=O) groups excluding carboxylic acids is 2. The molecular formula is C19H28N2O3. The number of likely N-dealkylation sites (tertiary alicyclic amines) is 1. The number of rotatable bonds is 8. The first-order valence-electron chi connectivity index (χ1n) is 8.88. The first kappa shape index (κ1) is 18.5. The molecule has 132 valence electrons. The molecular weight excluding hydrogens is 304 g/mol. The molecule has 1 N–H and O–H groups in total. The number of Topliss-reactive ketones (excluding diaryl/α,β-unsaturated/α-hetero) is 1. The van der Waals surface area contributed by atoms with E-state index in [1.807, 2.05) is 0 Å². The summed E-state index contributed by atoms with van der Waals surface area (Å²) in [6.07, 6.45) is 6.23. The largest absolute Gasteiger partial charge is 0.484 e. The van der Waals surface area contributed by atoms with Crippen LogP contribution in [0.3, 0.4) is 0 Å². The Morgan fingerprint density at radius 2 is 1.92 bits per heavy atom. The van der Waals surface area contributed by atoms with Crippen molar-refractivity contribution in [3.63, 3.8) is 0 Å². The lowest BCUT2D eigenvalue weighted by Gasteiger charge is -2.19. The third-order valence-corrected chi connectivity index (χ3v) is 4.28. The Labute approximate surface area is 144 Å². The highest BCUT2D eigenvalue weighted by Gasteiger charge is 2.09. The zero-order valence-electron chi connectivity index (χ0n) is 14.6. The van der Waals surface area contributed by atoms with Gasteiger partial charge in [0.2, 0.25) is 0 Å². The molecule has 1 saturated heterocycles. The van der Waals surface area contributed by atoms with Crippen molar-refractivity contribution in [2.45, 2.75) is 39.0 Å². The fourth-order valence-electron chi connectivity index (χ4n) is 2.90. The van der Waals surface area contributed by atoms with E-state index in [9.17, 15) is 9.59 Å². The minimum Gasteiger partial charge on any atom is -0.484 e. The minimum atomic E-state index is -0.126. The van der Waals surface area contributed by atoms with Gasteiger partial charge in [-0.05, 0) is 58.0 Å². The van der Waals surface area contributed by atoms with Crippen molar-refractivity contribution in [2.24, 2.45) is 0 Å². The van der Waals surface area contributed by atoms with Crippen LogP contribution in [0.15, 0.2) is 24.3 Å². The van der Waals surface area contributed by atoms with Crippen LogP contribution in [-0.4, -0.2) is 49.4 Å². The van der Waals surface area contributed by atoms with E-state index in [2.05, 4.69) is 10.2 Å². The fraction of sp³-hybridized carbons (Fsp3) is 0.579. The molecule has 0 aromatic heterocycles. The topological polar surface area (TPSA) is 58.6 Å². The van der Waals surface area contributed by atoms with Gasteiger partial charge in [-0.2, -0.15) is 0 Å². The molecule has 0 unspecified atom stereocenters. The molecule has 1 amide bonds. The number of hydrogen-bond donors (Lipinski definition) is 1. The van der Waals surface area contributed by atoms with Gasteiger partial charge in [-0.25, -0.2) is 0 Å². The van der Waals surface area contributed by atoms with Gasteiger partial charge < -0.3 is 15.0 Å². The van der Waals surface area contributed by atoms with Gasteiger partial charge in [-0.3, -0.25) is 9.59 Å². The Morgan fingerprint density at radius 1 is 1.17 bits per heavy atom. The number of hydrogen-bond acceptors (Lipinski definition) is 4. The lowest BCUT2D eigenvalue weighted by molar-refractivity contribution is -0.123. The van der Waals surface area contributed by atoms with Crippen molar-refractivity contribution in [2.75, 3.05) is 32.8 Å². The summed E-state index contributed by atoms with van der Waals surface area (Å²) in [6, 6.07) is 6.90. The zero-order valence-corrected chi connectivity index (χ0v) is 14.6. The maximum Gasteiger partial charge on any atom is 0.257 e. The molecule has 1 aromatic rings. The molecule has 1 fully saturated rings. The second-order valence-corrected chi connectivity index (χ2v) is 6.33. The predicted molar refractivity (Wildman–Crippen MR) is 94.5 cm³/mol.